The fraction of sp³-hybridized carbons (Fsp3) is 0.455. The number of anilines is 2. The van der Waals surface area contributed by atoms with Crippen LogP contribution in [0.4, 0.5) is 15.8 Å². The summed E-state index contributed by atoms with van der Waals surface area (Å²) in [4.78, 5) is 2.02. The molecule has 82 valence electrons. The van der Waals surface area contributed by atoms with Crippen LogP contribution in [0.15, 0.2) is 18.2 Å². The van der Waals surface area contributed by atoms with Crippen LogP contribution in [0.3, 0.4) is 0 Å². The highest BCUT2D eigenvalue weighted by Crippen LogP contribution is 2.31. The molecule has 0 aromatic heterocycles. The number of nitrogens with one attached hydrogen (secondary N) is 1. The van der Waals surface area contributed by atoms with E-state index in [0.717, 1.165) is 25.3 Å². The maximum Gasteiger partial charge on any atom is 0.148 e. The number of benzene rings is 1. The van der Waals surface area contributed by atoms with Gasteiger partial charge in [0, 0.05) is 26.7 Å². The minimum absolute atomic E-state index is 0.171. The van der Waals surface area contributed by atoms with E-state index in [4.69, 9.17) is 4.74 Å². The number of methoxy groups -OCH3 is 1. The highest BCUT2D eigenvalue weighted by Gasteiger charge is 2.19. The molecule has 1 N–H and O–H groups in total. The summed E-state index contributed by atoms with van der Waals surface area (Å²) in [6, 6.07) is 5.12. The standard InChI is InChI=1S/C11H15FN2O/c1-15-8-7-14-6-5-13-10-4-2-3-9(12)11(10)14/h2-4,13H,5-8H2,1H3. The lowest BCUT2D eigenvalue weighted by atomic mass is 10.2. The first-order chi connectivity index (χ1) is 7.33. The van der Waals surface area contributed by atoms with Crippen molar-refractivity contribution in [2.24, 2.45) is 0 Å². The van der Waals surface area contributed by atoms with Crippen molar-refractivity contribution in [3.05, 3.63) is 24.0 Å². The van der Waals surface area contributed by atoms with Gasteiger partial charge < -0.3 is 15.0 Å². The van der Waals surface area contributed by atoms with Crippen LogP contribution in [0, 0.1) is 5.82 Å². The number of fused-ring (bicyclic) bond motifs is 1. The van der Waals surface area contributed by atoms with Gasteiger partial charge in [0.2, 0.25) is 0 Å². The molecule has 1 heterocycles. The Hall–Kier alpha value is -1.29. The van der Waals surface area contributed by atoms with Crippen molar-refractivity contribution in [2.45, 2.75) is 0 Å². The van der Waals surface area contributed by atoms with Crippen molar-refractivity contribution < 1.29 is 9.13 Å². The molecule has 2 rings (SSSR count). The first-order valence-corrected chi connectivity index (χ1v) is 5.09. The molecule has 15 heavy (non-hydrogen) atoms. The second-order valence-corrected chi connectivity index (χ2v) is 3.54. The molecule has 0 fully saturated rings. The van der Waals surface area contributed by atoms with Crippen LogP contribution in [-0.4, -0.2) is 33.4 Å². The Balaban J connectivity index is 2.24. The van der Waals surface area contributed by atoms with Gasteiger partial charge in [0.25, 0.3) is 0 Å². The molecule has 0 saturated carbocycles. The van der Waals surface area contributed by atoms with E-state index >= 15 is 0 Å². The molecule has 0 spiro atoms. The molecule has 0 aliphatic carbocycles. The van der Waals surface area contributed by atoms with E-state index in [1.54, 1.807) is 13.2 Å². The van der Waals surface area contributed by atoms with E-state index in [-0.39, 0.29) is 5.82 Å². The fourth-order valence-corrected chi connectivity index (χ4v) is 1.84. The van der Waals surface area contributed by atoms with Crippen LogP contribution in [0.1, 0.15) is 0 Å². The molecule has 3 nitrogen and oxygen atoms in total. The van der Waals surface area contributed by atoms with Crippen molar-refractivity contribution in [1.29, 1.82) is 0 Å². The quantitative estimate of drug-likeness (QED) is 0.821. The van der Waals surface area contributed by atoms with Crippen LogP contribution >= 0.6 is 0 Å². The predicted octanol–water partition coefficient (Wildman–Crippen LogP) is 1.70. The van der Waals surface area contributed by atoms with Crippen LogP contribution in [0.2, 0.25) is 0 Å². The lowest BCUT2D eigenvalue weighted by Gasteiger charge is -2.32. The zero-order chi connectivity index (χ0) is 10.7. The van der Waals surface area contributed by atoms with Crippen LogP contribution < -0.4 is 10.2 Å². The lowest BCUT2D eigenvalue weighted by molar-refractivity contribution is 0.205. The molecule has 0 amide bonds. The molecule has 0 atom stereocenters. The molecule has 0 saturated heterocycles. The summed E-state index contributed by atoms with van der Waals surface area (Å²) in [7, 11) is 1.66. The minimum Gasteiger partial charge on any atom is -0.383 e. The zero-order valence-corrected chi connectivity index (χ0v) is 8.79. The second-order valence-electron chi connectivity index (χ2n) is 3.54. The van der Waals surface area contributed by atoms with Crippen molar-refractivity contribution in [2.75, 3.05) is 43.6 Å². The van der Waals surface area contributed by atoms with E-state index in [9.17, 15) is 4.39 Å². The number of hydrogen-bond acceptors (Lipinski definition) is 3. The second kappa shape index (κ2) is 4.49. The highest BCUT2D eigenvalue weighted by molar-refractivity contribution is 5.72. The molecule has 1 aliphatic heterocycles. The van der Waals surface area contributed by atoms with Gasteiger partial charge in [-0.05, 0) is 12.1 Å². The molecular formula is C11H15FN2O. The maximum atomic E-state index is 13.6. The summed E-state index contributed by atoms with van der Waals surface area (Å²) in [5, 5.41) is 3.19. The summed E-state index contributed by atoms with van der Waals surface area (Å²) in [5.74, 6) is -0.171. The maximum absolute atomic E-state index is 13.6. The van der Waals surface area contributed by atoms with Gasteiger partial charge in [-0.2, -0.15) is 0 Å². The first-order valence-electron chi connectivity index (χ1n) is 5.09. The largest absolute Gasteiger partial charge is 0.383 e. The van der Waals surface area contributed by atoms with Gasteiger partial charge in [-0.25, -0.2) is 4.39 Å². The van der Waals surface area contributed by atoms with Gasteiger partial charge in [0.15, 0.2) is 0 Å². The molecule has 1 aliphatic rings. The van der Waals surface area contributed by atoms with Gasteiger partial charge in [0.05, 0.1) is 18.0 Å². The van der Waals surface area contributed by atoms with Gasteiger partial charge in [-0.3, -0.25) is 0 Å². The number of para-hydroxylation sites is 1. The highest BCUT2D eigenvalue weighted by atomic mass is 19.1. The number of halogens is 1. The summed E-state index contributed by atoms with van der Waals surface area (Å²) in [6.07, 6.45) is 0. The molecule has 1 aromatic rings. The topological polar surface area (TPSA) is 24.5 Å². The minimum atomic E-state index is -0.171. The average Bonchev–Trinajstić information content (AvgIpc) is 2.26. The van der Waals surface area contributed by atoms with E-state index in [1.807, 2.05) is 11.0 Å². The number of rotatable bonds is 3. The SMILES string of the molecule is COCCN1CCNc2cccc(F)c21. The zero-order valence-electron chi connectivity index (χ0n) is 8.79. The predicted molar refractivity (Wildman–Crippen MR) is 59.0 cm³/mol. The Labute approximate surface area is 88.8 Å². The fourth-order valence-electron chi connectivity index (χ4n) is 1.84. The Bertz CT molecular complexity index is 343. The van der Waals surface area contributed by atoms with Crippen molar-refractivity contribution in [3.63, 3.8) is 0 Å². The molecule has 0 radical (unpaired) electrons. The Morgan fingerprint density at radius 1 is 1.53 bits per heavy atom. The van der Waals surface area contributed by atoms with E-state index < -0.39 is 0 Å². The smallest absolute Gasteiger partial charge is 0.148 e. The third kappa shape index (κ3) is 2.04. The monoisotopic (exact) mass is 210 g/mol. The molecular weight excluding hydrogens is 195 g/mol. The third-order valence-electron chi connectivity index (χ3n) is 2.57. The summed E-state index contributed by atoms with van der Waals surface area (Å²) in [6.45, 7) is 3.01. The van der Waals surface area contributed by atoms with Crippen molar-refractivity contribution in [3.8, 4) is 0 Å². The number of nitrogens with zero attached hydrogens (tertiary/aromatic N) is 1. The van der Waals surface area contributed by atoms with Crippen molar-refractivity contribution in [1.82, 2.24) is 0 Å². The van der Waals surface area contributed by atoms with Gasteiger partial charge in [-0.15, -0.1) is 0 Å². The molecule has 0 bridgehead atoms. The summed E-state index contributed by atoms with van der Waals surface area (Å²) >= 11 is 0. The van der Waals surface area contributed by atoms with Crippen LogP contribution in [-0.2, 0) is 4.74 Å². The van der Waals surface area contributed by atoms with Crippen LogP contribution in [0.5, 0.6) is 0 Å². The molecule has 0 unspecified atom stereocenters. The van der Waals surface area contributed by atoms with E-state index in [2.05, 4.69) is 5.32 Å². The van der Waals surface area contributed by atoms with Crippen molar-refractivity contribution >= 4 is 11.4 Å². The summed E-state index contributed by atoms with van der Waals surface area (Å²) < 4.78 is 18.6. The Morgan fingerprint density at radius 2 is 2.40 bits per heavy atom. The van der Waals surface area contributed by atoms with Crippen LogP contribution in [0.25, 0.3) is 0 Å². The van der Waals surface area contributed by atoms with Gasteiger partial charge in [0.1, 0.15) is 5.82 Å². The molecule has 4 heteroatoms. The average molecular weight is 210 g/mol. The van der Waals surface area contributed by atoms with Gasteiger partial charge in [-0.1, -0.05) is 6.07 Å². The first kappa shape index (κ1) is 10.2. The van der Waals surface area contributed by atoms with E-state index in [0.29, 0.717) is 12.3 Å². The summed E-state index contributed by atoms with van der Waals surface area (Å²) in [5.41, 5.74) is 1.54. The Kier molecular flexibility index (Phi) is 3.06. The molecule has 1 aromatic carbocycles. The van der Waals surface area contributed by atoms with Gasteiger partial charge >= 0.3 is 0 Å². The normalized spacial score (nSPS) is 14.7. The Morgan fingerprint density at radius 3 is 3.20 bits per heavy atom. The third-order valence-corrected chi connectivity index (χ3v) is 2.57. The lowest BCUT2D eigenvalue weighted by Crippen LogP contribution is -2.36. The number of hydrogen-bond donors (Lipinski definition) is 1. The number of ether oxygens (including phenoxy) is 1. The van der Waals surface area contributed by atoms with E-state index in [1.165, 1.54) is 6.07 Å².